The van der Waals surface area contributed by atoms with Crippen molar-refractivity contribution in [3.8, 4) is 5.75 Å². The molecule has 0 unspecified atom stereocenters. The summed E-state index contributed by atoms with van der Waals surface area (Å²) in [6.07, 6.45) is 0. The number of aromatic nitrogens is 2. The van der Waals surface area contributed by atoms with Crippen LogP contribution in [0.2, 0.25) is 5.02 Å². The summed E-state index contributed by atoms with van der Waals surface area (Å²) in [5.41, 5.74) is 0.895. The van der Waals surface area contributed by atoms with Crippen molar-refractivity contribution >= 4 is 11.6 Å². The molecule has 0 aliphatic heterocycles. The van der Waals surface area contributed by atoms with Crippen molar-refractivity contribution in [2.24, 2.45) is 0 Å². The zero-order valence-electron chi connectivity index (χ0n) is 12.1. The maximum Gasteiger partial charge on any atom is 0.264 e. The number of benzene rings is 1. The van der Waals surface area contributed by atoms with Crippen LogP contribution in [-0.2, 0) is 17.9 Å². The van der Waals surface area contributed by atoms with Crippen LogP contribution in [0.15, 0.2) is 22.7 Å². The van der Waals surface area contributed by atoms with Crippen LogP contribution in [0.25, 0.3) is 0 Å². The Hall–Kier alpha value is -1.63. The molecule has 0 bridgehead atoms. The normalized spacial score (nSPS) is 10.8. The van der Waals surface area contributed by atoms with Crippen LogP contribution in [-0.4, -0.2) is 30.4 Å². The molecule has 0 radical (unpaired) electrons. The second-order valence-corrected chi connectivity index (χ2v) is 4.82. The molecule has 1 aromatic heterocycles. The van der Waals surface area contributed by atoms with E-state index in [1.165, 1.54) is 0 Å². The second kappa shape index (κ2) is 7.97. The Morgan fingerprint density at radius 2 is 2.24 bits per heavy atom. The van der Waals surface area contributed by atoms with Crippen molar-refractivity contribution < 1.29 is 14.0 Å². The zero-order valence-corrected chi connectivity index (χ0v) is 12.8. The Balaban J connectivity index is 1.99. The van der Waals surface area contributed by atoms with E-state index in [-0.39, 0.29) is 6.61 Å². The van der Waals surface area contributed by atoms with Gasteiger partial charge in [0, 0.05) is 30.8 Å². The van der Waals surface area contributed by atoms with E-state index in [1.807, 2.05) is 18.2 Å². The molecule has 0 aliphatic carbocycles. The number of hydrogen-bond acceptors (Lipinski definition) is 6. The first-order valence-corrected chi connectivity index (χ1v) is 6.97. The van der Waals surface area contributed by atoms with Crippen molar-refractivity contribution in [3.05, 3.63) is 40.5 Å². The van der Waals surface area contributed by atoms with Gasteiger partial charge in [-0.3, -0.25) is 0 Å². The largest absolute Gasteiger partial charge is 0.483 e. The van der Waals surface area contributed by atoms with Crippen LogP contribution < -0.4 is 10.1 Å². The Morgan fingerprint density at radius 1 is 1.38 bits per heavy atom. The monoisotopic (exact) mass is 311 g/mol. The zero-order chi connectivity index (χ0) is 15.1. The van der Waals surface area contributed by atoms with Crippen LogP contribution in [0.3, 0.4) is 0 Å². The summed E-state index contributed by atoms with van der Waals surface area (Å²) >= 11 is 6.23. The van der Waals surface area contributed by atoms with E-state index in [0.717, 1.165) is 12.1 Å². The lowest BCUT2D eigenvalue weighted by Gasteiger charge is -2.12. The predicted molar refractivity (Wildman–Crippen MR) is 78.4 cm³/mol. The van der Waals surface area contributed by atoms with Gasteiger partial charge in [-0.25, -0.2) is 0 Å². The van der Waals surface area contributed by atoms with Crippen LogP contribution >= 0.6 is 11.6 Å². The highest BCUT2D eigenvalue weighted by atomic mass is 35.5. The number of nitrogens with one attached hydrogen (secondary N) is 1. The molecule has 6 nitrogen and oxygen atoms in total. The molecule has 0 amide bonds. The molecule has 0 atom stereocenters. The van der Waals surface area contributed by atoms with E-state index >= 15 is 0 Å². The highest BCUT2D eigenvalue weighted by Crippen LogP contribution is 2.26. The van der Waals surface area contributed by atoms with Crippen LogP contribution in [0.1, 0.15) is 17.3 Å². The minimum atomic E-state index is 0.215. The number of halogens is 1. The molecule has 7 heteroatoms. The average molecular weight is 312 g/mol. The van der Waals surface area contributed by atoms with Gasteiger partial charge in [0.1, 0.15) is 5.75 Å². The molecule has 0 aliphatic rings. The summed E-state index contributed by atoms with van der Waals surface area (Å²) in [7, 11) is 1.66. The third-order valence-electron chi connectivity index (χ3n) is 2.78. The predicted octanol–water partition coefficient (Wildman–Crippen LogP) is 2.35. The van der Waals surface area contributed by atoms with Gasteiger partial charge < -0.3 is 19.3 Å². The van der Waals surface area contributed by atoms with Crippen LogP contribution in [0.5, 0.6) is 5.75 Å². The number of rotatable bonds is 8. The van der Waals surface area contributed by atoms with E-state index in [1.54, 1.807) is 14.0 Å². The molecule has 2 rings (SSSR count). The SMILES string of the molecule is COCCNCc1c(Cl)cccc1OCc1nc(C)no1. The quantitative estimate of drug-likeness (QED) is 0.755. The average Bonchev–Trinajstić information content (AvgIpc) is 2.89. The second-order valence-electron chi connectivity index (χ2n) is 4.41. The van der Waals surface area contributed by atoms with Gasteiger partial charge in [-0.15, -0.1) is 0 Å². The molecule has 2 aromatic rings. The van der Waals surface area contributed by atoms with Crippen molar-refractivity contribution in [3.63, 3.8) is 0 Å². The first-order chi connectivity index (χ1) is 10.2. The molecule has 114 valence electrons. The molecule has 21 heavy (non-hydrogen) atoms. The minimum Gasteiger partial charge on any atom is -0.483 e. The third kappa shape index (κ3) is 4.70. The summed E-state index contributed by atoms with van der Waals surface area (Å²) in [6, 6.07) is 5.54. The van der Waals surface area contributed by atoms with E-state index < -0.39 is 0 Å². The third-order valence-corrected chi connectivity index (χ3v) is 3.14. The van der Waals surface area contributed by atoms with E-state index in [4.69, 9.17) is 25.6 Å². The highest BCUT2D eigenvalue weighted by molar-refractivity contribution is 6.31. The standard InChI is InChI=1S/C14H18ClN3O3/c1-10-17-14(21-18-10)9-20-13-5-3-4-12(15)11(13)8-16-6-7-19-2/h3-5,16H,6-9H2,1-2H3. The van der Waals surface area contributed by atoms with Gasteiger partial charge in [-0.2, -0.15) is 4.98 Å². The Labute approximate surface area is 128 Å². The lowest BCUT2D eigenvalue weighted by atomic mass is 10.2. The smallest absolute Gasteiger partial charge is 0.264 e. The van der Waals surface area contributed by atoms with Gasteiger partial charge in [0.05, 0.1) is 6.61 Å². The van der Waals surface area contributed by atoms with E-state index in [9.17, 15) is 0 Å². The lowest BCUT2D eigenvalue weighted by molar-refractivity contribution is 0.198. The van der Waals surface area contributed by atoms with Crippen molar-refractivity contribution in [1.82, 2.24) is 15.5 Å². The van der Waals surface area contributed by atoms with Gasteiger partial charge in [0.15, 0.2) is 12.4 Å². The van der Waals surface area contributed by atoms with Crippen molar-refractivity contribution in [1.29, 1.82) is 0 Å². The minimum absolute atomic E-state index is 0.215. The summed E-state index contributed by atoms with van der Waals surface area (Å²) in [5.74, 6) is 1.72. The summed E-state index contributed by atoms with van der Waals surface area (Å²) in [6.45, 7) is 3.96. The molecule has 0 spiro atoms. The topological polar surface area (TPSA) is 69.4 Å². The van der Waals surface area contributed by atoms with E-state index in [0.29, 0.717) is 35.6 Å². The van der Waals surface area contributed by atoms with Crippen LogP contribution in [0, 0.1) is 6.92 Å². The molecular formula is C14H18ClN3O3. The maximum atomic E-state index is 6.23. The Morgan fingerprint density at radius 3 is 2.95 bits per heavy atom. The van der Waals surface area contributed by atoms with Crippen LogP contribution in [0.4, 0.5) is 0 Å². The molecule has 1 aromatic carbocycles. The highest BCUT2D eigenvalue weighted by Gasteiger charge is 2.10. The van der Waals surface area contributed by atoms with E-state index in [2.05, 4.69) is 15.5 Å². The first kappa shape index (κ1) is 15.8. The van der Waals surface area contributed by atoms with Gasteiger partial charge in [-0.1, -0.05) is 22.8 Å². The fraction of sp³-hybridized carbons (Fsp3) is 0.429. The molecule has 0 fully saturated rings. The number of nitrogens with zero attached hydrogens (tertiary/aromatic N) is 2. The van der Waals surface area contributed by atoms with Crippen molar-refractivity contribution in [2.75, 3.05) is 20.3 Å². The van der Waals surface area contributed by atoms with Gasteiger partial charge in [0.2, 0.25) is 0 Å². The van der Waals surface area contributed by atoms with Gasteiger partial charge in [-0.05, 0) is 19.1 Å². The Bertz CT molecular complexity index is 574. The first-order valence-electron chi connectivity index (χ1n) is 6.59. The molecule has 1 N–H and O–H groups in total. The Kier molecular flexibility index (Phi) is 5.98. The van der Waals surface area contributed by atoms with Gasteiger partial charge in [0.25, 0.3) is 5.89 Å². The molecular weight excluding hydrogens is 294 g/mol. The maximum absolute atomic E-state index is 6.23. The summed E-state index contributed by atoms with van der Waals surface area (Å²) in [5, 5.41) is 7.62. The fourth-order valence-electron chi connectivity index (χ4n) is 1.77. The fourth-order valence-corrected chi connectivity index (χ4v) is 2.00. The lowest BCUT2D eigenvalue weighted by Crippen LogP contribution is -2.19. The molecule has 0 saturated heterocycles. The number of hydrogen-bond donors (Lipinski definition) is 1. The van der Waals surface area contributed by atoms with Crippen molar-refractivity contribution in [2.45, 2.75) is 20.1 Å². The number of methoxy groups -OCH3 is 1. The summed E-state index contributed by atoms with van der Waals surface area (Å²) < 4.78 is 15.7. The number of ether oxygens (including phenoxy) is 2. The molecule has 0 saturated carbocycles. The molecule has 1 heterocycles. The summed E-state index contributed by atoms with van der Waals surface area (Å²) in [4.78, 5) is 4.10. The van der Waals surface area contributed by atoms with Gasteiger partial charge >= 0.3 is 0 Å². The number of aryl methyl sites for hydroxylation is 1.